The Morgan fingerprint density at radius 1 is 1.21 bits per heavy atom. The van der Waals surface area contributed by atoms with Gasteiger partial charge in [0.25, 0.3) is 5.91 Å². The summed E-state index contributed by atoms with van der Waals surface area (Å²) < 4.78 is 31.5. The molecule has 1 aromatic rings. The van der Waals surface area contributed by atoms with Crippen LogP contribution in [0.3, 0.4) is 0 Å². The number of hydrogen-bond acceptors (Lipinski definition) is 5. The van der Waals surface area contributed by atoms with Crippen LogP contribution in [-0.2, 0) is 19.6 Å². The lowest BCUT2D eigenvalue weighted by molar-refractivity contribution is -0.125. The molecule has 0 heterocycles. The molecule has 2 N–H and O–H groups in total. The average molecular weight is 356 g/mol. The lowest BCUT2D eigenvalue weighted by Crippen LogP contribution is -2.42. The van der Waals surface area contributed by atoms with E-state index in [1.54, 1.807) is 0 Å². The van der Waals surface area contributed by atoms with Gasteiger partial charge in [-0.05, 0) is 45.4 Å². The van der Waals surface area contributed by atoms with E-state index >= 15 is 0 Å². The fraction of sp³-hybridized carbons (Fsp3) is 0.500. The Bertz CT molecular complexity index is 693. The maximum atomic E-state index is 12.1. The minimum absolute atomic E-state index is 0.0236. The van der Waals surface area contributed by atoms with E-state index in [9.17, 15) is 18.0 Å². The summed E-state index contributed by atoms with van der Waals surface area (Å²) in [6.07, 6.45) is 0.657. The second-order valence-corrected chi connectivity index (χ2v) is 8.07. The van der Waals surface area contributed by atoms with Crippen LogP contribution in [0.2, 0.25) is 0 Å². The Morgan fingerprint density at radius 3 is 2.46 bits per heavy atom. The zero-order valence-electron chi connectivity index (χ0n) is 14.4. The molecule has 8 heteroatoms. The SMILES string of the molecule is CCCNS(=O)(=O)c1cccc(C(=O)OCC(=O)NC(C)(C)C)c1. The van der Waals surface area contributed by atoms with Crippen molar-refractivity contribution in [1.82, 2.24) is 10.0 Å². The Labute approximate surface area is 142 Å². The summed E-state index contributed by atoms with van der Waals surface area (Å²) in [5.41, 5.74) is -0.361. The predicted molar refractivity (Wildman–Crippen MR) is 90.1 cm³/mol. The van der Waals surface area contributed by atoms with Crippen LogP contribution in [0.15, 0.2) is 29.2 Å². The van der Waals surface area contributed by atoms with E-state index in [-0.39, 0.29) is 10.5 Å². The molecule has 0 unspecified atom stereocenters. The molecule has 134 valence electrons. The van der Waals surface area contributed by atoms with E-state index in [2.05, 4.69) is 10.0 Å². The first-order valence-electron chi connectivity index (χ1n) is 7.63. The number of ether oxygens (including phenoxy) is 1. The summed E-state index contributed by atoms with van der Waals surface area (Å²) >= 11 is 0. The first kappa shape index (κ1) is 20.1. The van der Waals surface area contributed by atoms with Gasteiger partial charge in [-0.15, -0.1) is 0 Å². The molecule has 24 heavy (non-hydrogen) atoms. The minimum atomic E-state index is -3.67. The Morgan fingerprint density at radius 2 is 1.88 bits per heavy atom. The number of rotatable bonds is 7. The summed E-state index contributed by atoms with van der Waals surface area (Å²) in [5, 5.41) is 2.66. The summed E-state index contributed by atoms with van der Waals surface area (Å²) in [7, 11) is -3.67. The number of hydrogen-bond donors (Lipinski definition) is 2. The lowest BCUT2D eigenvalue weighted by atomic mass is 10.1. The molecule has 0 saturated carbocycles. The second kappa shape index (κ2) is 8.25. The number of carbonyl (C=O) groups excluding carboxylic acids is 2. The first-order chi connectivity index (χ1) is 11.0. The molecule has 0 atom stereocenters. The number of benzene rings is 1. The molecule has 0 saturated heterocycles. The second-order valence-electron chi connectivity index (χ2n) is 6.30. The third-order valence-electron chi connectivity index (χ3n) is 2.77. The van der Waals surface area contributed by atoms with Crippen molar-refractivity contribution in [3.8, 4) is 0 Å². The van der Waals surface area contributed by atoms with Gasteiger partial charge in [-0.2, -0.15) is 0 Å². The van der Waals surface area contributed by atoms with E-state index in [1.807, 2.05) is 27.7 Å². The van der Waals surface area contributed by atoms with Crippen molar-refractivity contribution in [2.75, 3.05) is 13.2 Å². The molecule has 0 aromatic heterocycles. The number of nitrogens with one attached hydrogen (secondary N) is 2. The highest BCUT2D eigenvalue weighted by atomic mass is 32.2. The molecule has 0 spiro atoms. The normalized spacial score (nSPS) is 11.8. The van der Waals surface area contributed by atoms with Crippen LogP contribution in [0.4, 0.5) is 0 Å². The van der Waals surface area contributed by atoms with Gasteiger partial charge in [0.15, 0.2) is 6.61 Å². The summed E-state index contributed by atoms with van der Waals surface area (Å²) in [4.78, 5) is 23.6. The number of esters is 1. The number of sulfonamides is 1. The highest BCUT2D eigenvalue weighted by Crippen LogP contribution is 2.12. The van der Waals surface area contributed by atoms with Crippen LogP contribution in [-0.4, -0.2) is 39.0 Å². The monoisotopic (exact) mass is 356 g/mol. The van der Waals surface area contributed by atoms with Crippen LogP contribution in [0, 0.1) is 0 Å². The highest BCUT2D eigenvalue weighted by molar-refractivity contribution is 7.89. The van der Waals surface area contributed by atoms with Crippen LogP contribution in [0.5, 0.6) is 0 Å². The molecular weight excluding hydrogens is 332 g/mol. The zero-order chi connectivity index (χ0) is 18.4. The van der Waals surface area contributed by atoms with Crippen molar-refractivity contribution in [1.29, 1.82) is 0 Å². The molecule has 0 aliphatic rings. The largest absolute Gasteiger partial charge is 0.452 e. The maximum absolute atomic E-state index is 12.1. The molecule has 0 aliphatic heterocycles. The van der Waals surface area contributed by atoms with Crippen LogP contribution in [0.25, 0.3) is 0 Å². The third kappa shape index (κ3) is 6.67. The zero-order valence-corrected chi connectivity index (χ0v) is 15.2. The number of carbonyl (C=O) groups is 2. The van der Waals surface area contributed by atoms with Crippen molar-refractivity contribution in [2.45, 2.75) is 44.6 Å². The van der Waals surface area contributed by atoms with Crippen molar-refractivity contribution in [3.63, 3.8) is 0 Å². The van der Waals surface area contributed by atoms with Gasteiger partial charge in [0.2, 0.25) is 10.0 Å². The van der Waals surface area contributed by atoms with Crippen LogP contribution >= 0.6 is 0 Å². The molecule has 1 rings (SSSR count). The Hall–Kier alpha value is -1.93. The summed E-state index contributed by atoms with van der Waals surface area (Å²) in [6.45, 7) is 7.16. The van der Waals surface area contributed by atoms with Gasteiger partial charge < -0.3 is 10.1 Å². The Kier molecular flexibility index (Phi) is 6.92. The van der Waals surface area contributed by atoms with E-state index < -0.39 is 34.0 Å². The van der Waals surface area contributed by atoms with Gasteiger partial charge >= 0.3 is 5.97 Å². The van der Waals surface area contributed by atoms with Gasteiger partial charge in [-0.3, -0.25) is 4.79 Å². The Balaban J connectivity index is 2.76. The topological polar surface area (TPSA) is 102 Å². The van der Waals surface area contributed by atoms with Crippen LogP contribution < -0.4 is 10.0 Å². The quantitative estimate of drug-likeness (QED) is 0.720. The van der Waals surface area contributed by atoms with Crippen molar-refractivity contribution in [3.05, 3.63) is 29.8 Å². The molecule has 0 bridgehead atoms. The average Bonchev–Trinajstić information content (AvgIpc) is 2.49. The fourth-order valence-corrected chi connectivity index (χ4v) is 2.96. The highest BCUT2D eigenvalue weighted by Gasteiger charge is 2.18. The lowest BCUT2D eigenvalue weighted by Gasteiger charge is -2.20. The molecule has 7 nitrogen and oxygen atoms in total. The standard InChI is InChI=1S/C16H24N2O5S/c1-5-9-17-24(21,22)13-8-6-7-12(10-13)15(20)23-11-14(19)18-16(2,3)4/h6-8,10,17H,5,9,11H2,1-4H3,(H,18,19). The molecule has 0 fully saturated rings. The van der Waals surface area contributed by atoms with E-state index in [1.165, 1.54) is 24.3 Å². The molecule has 1 amide bonds. The van der Waals surface area contributed by atoms with E-state index in [4.69, 9.17) is 4.74 Å². The van der Waals surface area contributed by atoms with Crippen molar-refractivity contribution in [2.24, 2.45) is 0 Å². The predicted octanol–water partition coefficient (Wildman–Crippen LogP) is 1.45. The van der Waals surface area contributed by atoms with Gasteiger partial charge in [0.1, 0.15) is 0 Å². The third-order valence-corrected chi connectivity index (χ3v) is 4.23. The van der Waals surface area contributed by atoms with E-state index in [0.717, 1.165) is 0 Å². The fourth-order valence-electron chi connectivity index (χ4n) is 1.78. The van der Waals surface area contributed by atoms with Gasteiger partial charge in [-0.1, -0.05) is 13.0 Å². The van der Waals surface area contributed by atoms with Crippen LogP contribution in [0.1, 0.15) is 44.5 Å². The molecule has 0 aliphatic carbocycles. The van der Waals surface area contributed by atoms with E-state index in [0.29, 0.717) is 13.0 Å². The van der Waals surface area contributed by atoms with Gasteiger partial charge in [0.05, 0.1) is 10.5 Å². The molecule has 1 aromatic carbocycles. The minimum Gasteiger partial charge on any atom is -0.452 e. The first-order valence-corrected chi connectivity index (χ1v) is 9.11. The summed E-state index contributed by atoms with van der Waals surface area (Å²) in [5.74, 6) is -1.18. The number of amides is 1. The van der Waals surface area contributed by atoms with Gasteiger partial charge in [0, 0.05) is 12.1 Å². The van der Waals surface area contributed by atoms with Crippen molar-refractivity contribution < 1.29 is 22.7 Å². The molecular formula is C16H24N2O5S. The summed E-state index contributed by atoms with van der Waals surface area (Å²) in [6, 6.07) is 5.50. The van der Waals surface area contributed by atoms with Gasteiger partial charge in [-0.25, -0.2) is 17.9 Å². The smallest absolute Gasteiger partial charge is 0.338 e. The van der Waals surface area contributed by atoms with Crippen molar-refractivity contribution >= 4 is 21.9 Å². The maximum Gasteiger partial charge on any atom is 0.338 e. The molecule has 0 radical (unpaired) electrons.